The van der Waals surface area contributed by atoms with Gasteiger partial charge in [0.1, 0.15) is 17.1 Å². The SMILES string of the molecule is CC(C)c1cc2n(n1)C[C@](C)(C(=O)NC1CCCCCCC1)N(c1cccc(F)c1)C2=O. The molecule has 1 N–H and O–H groups in total. The fraction of sp³-hybridized carbons (Fsp3) is 0.560. The summed E-state index contributed by atoms with van der Waals surface area (Å²) < 4.78 is 15.8. The summed E-state index contributed by atoms with van der Waals surface area (Å²) in [5.74, 6) is -0.844. The molecule has 1 fully saturated rings. The van der Waals surface area contributed by atoms with Crippen molar-refractivity contribution in [1.82, 2.24) is 15.1 Å². The molecule has 1 saturated carbocycles. The summed E-state index contributed by atoms with van der Waals surface area (Å²) in [4.78, 5) is 28.8. The predicted octanol–water partition coefficient (Wildman–Crippen LogP) is 4.79. The standard InChI is InChI=1S/C25H33FN4O2/c1-17(2)21-15-22-23(31)30(20-13-9-10-18(26)14-20)25(3,16-29(22)28-21)24(32)27-19-11-7-5-4-6-8-12-19/h9-10,13-15,17,19H,4-8,11-12,16H2,1-3H3,(H,27,32)/t25-/m1/s1. The van der Waals surface area contributed by atoms with Gasteiger partial charge in [0, 0.05) is 11.7 Å². The largest absolute Gasteiger partial charge is 0.351 e. The molecule has 0 bridgehead atoms. The number of halogens is 1. The van der Waals surface area contributed by atoms with Crippen LogP contribution in [0, 0.1) is 5.82 Å². The summed E-state index contributed by atoms with van der Waals surface area (Å²) in [6.45, 7) is 6.01. The minimum absolute atomic E-state index is 0.0920. The molecule has 1 aromatic carbocycles. The van der Waals surface area contributed by atoms with Crippen molar-refractivity contribution >= 4 is 17.5 Å². The zero-order valence-electron chi connectivity index (χ0n) is 19.2. The van der Waals surface area contributed by atoms with Gasteiger partial charge in [-0.1, -0.05) is 52.0 Å². The van der Waals surface area contributed by atoms with Crippen LogP contribution in [0.25, 0.3) is 0 Å². The van der Waals surface area contributed by atoms with E-state index in [1.807, 2.05) is 13.8 Å². The van der Waals surface area contributed by atoms with Gasteiger partial charge in [-0.3, -0.25) is 19.2 Å². The zero-order chi connectivity index (χ0) is 22.9. The van der Waals surface area contributed by atoms with E-state index in [2.05, 4.69) is 10.4 Å². The van der Waals surface area contributed by atoms with Crippen LogP contribution in [0.15, 0.2) is 30.3 Å². The van der Waals surface area contributed by atoms with Gasteiger partial charge in [-0.25, -0.2) is 4.39 Å². The van der Waals surface area contributed by atoms with Gasteiger partial charge >= 0.3 is 0 Å². The number of benzene rings is 1. The van der Waals surface area contributed by atoms with E-state index >= 15 is 0 Å². The average Bonchev–Trinajstić information content (AvgIpc) is 3.14. The van der Waals surface area contributed by atoms with E-state index in [0.717, 1.165) is 31.4 Å². The first kappa shape index (κ1) is 22.5. The number of hydrogen-bond donors (Lipinski definition) is 1. The minimum Gasteiger partial charge on any atom is -0.351 e. The maximum absolute atomic E-state index is 14.1. The maximum Gasteiger partial charge on any atom is 0.277 e. The molecule has 172 valence electrons. The molecule has 0 unspecified atom stereocenters. The Labute approximate surface area is 189 Å². The van der Waals surface area contributed by atoms with Crippen LogP contribution < -0.4 is 10.2 Å². The number of rotatable bonds is 4. The first-order chi connectivity index (χ1) is 15.3. The highest BCUT2D eigenvalue weighted by Crippen LogP contribution is 2.34. The summed E-state index contributed by atoms with van der Waals surface area (Å²) in [7, 11) is 0. The fourth-order valence-electron chi connectivity index (χ4n) is 4.84. The Morgan fingerprint density at radius 2 is 1.84 bits per heavy atom. The molecule has 0 saturated heterocycles. The molecule has 0 spiro atoms. The van der Waals surface area contributed by atoms with Crippen LogP contribution in [0.1, 0.15) is 87.8 Å². The van der Waals surface area contributed by atoms with Crippen molar-refractivity contribution in [3.63, 3.8) is 0 Å². The minimum atomic E-state index is -1.22. The van der Waals surface area contributed by atoms with Gasteiger partial charge in [0.2, 0.25) is 5.91 Å². The molecule has 32 heavy (non-hydrogen) atoms. The molecule has 2 heterocycles. The molecule has 2 aromatic rings. The molecule has 1 aliphatic heterocycles. The van der Waals surface area contributed by atoms with Gasteiger partial charge in [0.15, 0.2) is 0 Å². The molecule has 4 rings (SSSR count). The molecule has 1 aromatic heterocycles. The smallest absolute Gasteiger partial charge is 0.277 e. The van der Waals surface area contributed by atoms with Gasteiger partial charge < -0.3 is 5.32 Å². The van der Waals surface area contributed by atoms with E-state index in [-0.39, 0.29) is 30.3 Å². The molecule has 2 aliphatic rings. The van der Waals surface area contributed by atoms with Crippen molar-refractivity contribution in [3.05, 3.63) is 47.5 Å². The summed E-state index contributed by atoms with van der Waals surface area (Å²) in [5.41, 5.74) is 0.385. The molecular formula is C25H33FN4O2. The lowest BCUT2D eigenvalue weighted by Gasteiger charge is -2.43. The van der Waals surface area contributed by atoms with Crippen molar-refractivity contribution in [2.75, 3.05) is 4.90 Å². The van der Waals surface area contributed by atoms with Crippen LogP contribution in [0.3, 0.4) is 0 Å². The van der Waals surface area contributed by atoms with Crippen LogP contribution in [-0.4, -0.2) is 33.2 Å². The third kappa shape index (κ3) is 4.30. The van der Waals surface area contributed by atoms with E-state index in [9.17, 15) is 14.0 Å². The third-order valence-corrected chi connectivity index (χ3v) is 6.76. The average molecular weight is 441 g/mol. The Bertz CT molecular complexity index is 994. The Balaban J connectivity index is 1.71. The van der Waals surface area contributed by atoms with E-state index in [4.69, 9.17) is 0 Å². The molecule has 0 radical (unpaired) electrons. The topological polar surface area (TPSA) is 67.2 Å². The van der Waals surface area contributed by atoms with Crippen LogP contribution in [0.5, 0.6) is 0 Å². The number of anilines is 1. The quantitative estimate of drug-likeness (QED) is 0.743. The summed E-state index contributed by atoms with van der Waals surface area (Å²) in [6, 6.07) is 7.77. The number of aromatic nitrogens is 2. The second-order valence-electron chi connectivity index (χ2n) is 9.68. The van der Waals surface area contributed by atoms with Crippen LogP contribution in [0.2, 0.25) is 0 Å². The van der Waals surface area contributed by atoms with Gasteiger partial charge in [-0.15, -0.1) is 0 Å². The maximum atomic E-state index is 14.1. The number of amides is 2. The first-order valence-electron chi connectivity index (χ1n) is 11.8. The van der Waals surface area contributed by atoms with Gasteiger partial charge in [0.25, 0.3) is 5.91 Å². The first-order valence-corrected chi connectivity index (χ1v) is 11.8. The number of fused-ring (bicyclic) bond motifs is 1. The third-order valence-electron chi connectivity index (χ3n) is 6.76. The van der Waals surface area contributed by atoms with Gasteiger partial charge in [0.05, 0.1) is 12.2 Å². The molecule has 6 nitrogen and oxygen atoms in total. The number of carbonyl (C=O) groups is 2. The number of hydrogen-bond acceptors (Lipinski definition) is 3. The highest BCUT2D eigenvalue weighted by atomic mass is 19.1. The van der Waals surface area contributed by atoms with Crippen LogP contribution in [0.4, 0.5) is 10.1 Å². The summed E-state index contributed by atoms with van der Waals surface area (Å²) in [5, 5.41) is 7.84. The van der Waals surface area contributed by atoms with Crippen molar-refractivity contribution in [2.24, 2.45) is 0 Å². The van der Waals surface area contributed by atoms with Crippen molar-refractivity contribution in [1.29, 1.82) is 0 Å². The summed E-state index contributed by atoms with van der Waals surface area (Å²) in [6.07, 6.45) is 7.70. The lowest BCUT2D eigenvalue weighted by Crippen LogP contribution is -2.65. The van der Waals surface area contributed by atoms with Crippen molar-refractivity contribution in [2.45, 2.75) is 89.8 Å². The Hall–Kier alpha value is -2.70. The normalized spacial score (nSPS) is 22.4. The lowest BCUT2D eigenvalue weighted by molar-refractivity contribution is -0.127. The fourth-order valence-corrected chi connectivity index (χ4v) is 4.84. The number of nitrogens with zero attached hydrogens (tertiary/aromatic N) is 3. The zero-order valence-corrected chi connectivity index (χ0v) is 19.2. The Morgan fingerprint density at radius 1 is 1.16 bits per heavy atom. The number of nitrogens with one attached hydrogen (secondary N) is 1. The molecule has 1 atom stereocenters. The van der Waals surface area contributed by atoms with Crippen LogP contribution in [-0.2, 0) is 11.3 Å². The van der Waals surface area contributed by atoms with Crippen LogP contribution >= 0.6 is 0 Å². The monoisotopic (exact) mass is 440 g/mol. The van der Waals surface area contributed by atoms with E-state index in [0.29, 0.717) is 11.4 Å². The summed E-state index contributed by atoms with van der Waals surface area (Å²) >= 11 is 0. The highest BCUT2D eigenvalue weighted by molar-refractivity contribution is 6.11. The molecular weight excluding hydrogens is 407 g/mol. The van der Waals surface area contributed by atoms with E-state index < -0.39 is 11.4 Å². The molecule has 7 heteroatoms. The Kier molecular flexibility index (Phi) is 6.35. The van der Waals surface area contributed by atoms with Crippen molar-refractivity contribution < 1.29 is 14.0 Å². The molecule has 1 aliphatic carbocycles. The molecule has 2 amide bonds. The van der Waals surface area contributed by atoms with Crippen molar-refractivity contribution in [3.8, 4) is 0 Å². The van der Waals surface area contributed by atoms with E-state index in [1.165, 1.54) is 36.3 Å². The van der Waals surface area contributed by atoms with E-state index in [1.54, 1.807) is 29.8 Å². The van der Waals surface area contributed by atoms with Gasteiger partial charge in [-0.2, -0.15) is 5.10 Å². The predicted molar refractivity (Wildman–Crippen MR) is 122 cm³/mol. The van der Waals surface area contributed by atoms with Gasteiger partial charge in [-0.05, 0) is 49.9 Å². The Morgan fingerprint density at radius 3 is 2.50 bits per heavy atom. The number of carbonyl (C=O) groups excluding carboxylic acids is 2. The second kappa shape index (κ2) is 9.04. The second-order valence-corrected chi connectivity index (χ2v) is 9.68. The highest BCUT2D eigenvalue weighted by Gasteiger charge is 2.49. The lowest BCUT2D eigenvalue weighted by atomic mass is 9.91.